The van der Waals surface area contributed by atoms with Crippen LogP contribution < -0.4 is 17.0 Å². The fourth-order valence-corrected chi connectivity index (χ4v) is 2.93. The van der Waals surface area contributed by atoms with Crippen molar-refractivity contribution >= 4 is 22.9 Å². The van der Waals surface area contributed by atoms with Crippen LogP contribution >= 0.6 is 0 Å². The Balaban J connectivity index is 1.71. The van der Waals surface area contributed by atoms with Gasteiger partial charge in [0.2, 0.25) is 5.91 Å². The number of anilines is 1. The van der Waals surface area contributed by atoms with Crippen molar-refractivity contribution in [2.75, 3.05) is 25.9 Å². The van der Waals surface area contributed by atoms with Gasteiger partial charge in [0.05, 0.1) is 6.33 Å². The second-order valence-electron chi connectivity index (χ2n) is 6.21. The number of aliphatic hydroxyl groups is 2. The van der Waals surface area contributed by atoms with Crippen LogP contribution in [0.4, 0.5) is 5.82 Å². The van der Waals surface area contributed by atoms with E-state index < -0.39 is 24.5 Å². The molecule has 12 nitrogen and oxygen atoms in total. The Morgan fingerprint density at radius 1 is 1.38 bits per heavy atom. The minimum atomic E-state index is -1.17. The van der Waals surface area contributed by atoms with Crippen molar-refractivity contribution in [3.63, 3.8) is 0 Å². The van der Waals surface area contributed by atoms with E-state index in [0.717, 1.165) is 0 Å². The van der Waals surface area contributed by atoms with Crippen LogP contribution in [-0.4, -0.2) is 79.0 Å². The van der Waals surface area contributed by atoms with Crippen molar-refractivity contribution in [1.29, 1.82) is 0 Å². The molecular weight excluding hydrogens is 344 g/mol. The molecule has 0 aliphatic carbocycles. The Hall–Kier alpha value is -2.38. The van der Waals surface area contributed by atoms with Crippen LogP contribution in [0.2, 0.25) is 0 Å². The number of aliphatic hydroxyl groups excluding tert-OH is 2. The summed E-state index contributed by atoms with van der Waals surface area (Å²) in [5.41, 5.74) is 8.62. The second kappa shape index (κ2) is 7.47. The highest BCUT2D eigenvalue weighted by Gasteiger charge is 2.44. The van der Waals surface area contributed by atoms with Gasteiger partial charge < -0.3 is 25.6 Å². The molecule has 142 valence electrons. The Kier molecular flexibility index (Phi) is 5.29. The van der Waals surface area contributed by atoms with E-state index in [1.807, 2.05) is 4.90 Å². The summed E-state index contributed by atoms with van der Waals surface area (Å²) in [7, 11) is 1.78. The van der Waals surface area contributed by atoms with Crippen molar-refractivity contribution in [1.82, 2.24) is 29.8 Å². The van der Waals surface area contributed by atoms with Crippen molar-refractivity contribution in [2.45, 2.75) is 31.0 Å². The van der Waals surface area contributed by atoms with Crippen molar-refractivity contribution < 1.29 is 19.7 Å². The van der Waals surface area contributed by atoms with E-state index in [9.17, 15) is 15.0 Å². The van der Waals surface area contributed by atoms with Crippen LogP contribution in [0, 0.1) is 0 Å². The normalized spacial score (nSPS) is 25.9. The van der Waals surface area contributed by atoms with E-state index in [1.54, 1.807) is 7.05 Å². The predicted molar refractivity (Wildman–Crippen MR) is 90.1 cm³/mol. The molecule has 0 saturated carbocycles. The maximum atomic E-state index is 11.2. The van der Waals surface area contributed by atoms with Gasteiger partial charge >= 0.3 is 0 Å². The number of nitrogens with two attached hydrogens (primary N) is 2. The smallest absolute Gasteiger partial charge is 0.235 e. The van der Waals surface area contributed by atoms with Gasteiger partial charge in [-0.3, -0.25) is 14.8 Å². The first kappa shape index (κ1) is 18.4. The lowest BCUT2D eigenvalue weighted by molar-refractivity contribution is -0.121. The van der Waals surface area contributed by atoms with E-state index in [0.29, 0.717) is 24.3 Å². The summed E-state index contributed by atoms with van der Waals surface area (Å²) in [4.78, 5) is 25.2. The second-order valence-corrected chi connectivity index (χ2v) is 6.21. The number of hydrogen-bond acceptors (Lipinski definition) is 10. The number of aromatic nitrogens is 4. The molecule has 1 saturated heterocycles. The number of hydrazine groups is 1. The van der Waals surface area contributed by atoms with Crippen LogP contribution in [0.5, 0.6) is 0 Å². The van der Waals surface area contributed by atoms with Gasteiger partial charge in [0.1, 0.15) is 30.2 Å². The summed E-state index contributed by atoms with van der Waals surface area (Å²) >= 11 is 0. The third-order valence-electron chi connectivity index (χ3n) is 4.37. The third kappa shape index (κ3) is 3.45. The monoisotopic (exact) mass is 366 g/mol. The molecule has 0 bridgehead atoms. The van der Waals surface area contributed by atoms with Gasteiger partial charge in [0.15, 0.2) is 17.7 Å². The van der Waals surface area contributed by atoms with Crippen LogP contribution in [0.25, 0.3) is 11.2 Å². The number of nitrogens with zero attached hydrogens (tertiary/aromatic N) is 5. The van der Waals surface area contributed by atoms with Crippen LogP contribution in [0.1, 0.15) is 12.6 Å². The minimum absolute atomic E-state index is 0.212. The summed E-state index contributed by atoms with van der Waals surface area (Å²) < 4.78 is 7.35. The first-order valence-corrected chi connectivity index (χ1v) is 8.05. The molecule has 0 spiro atoms. The lowest BCUT2D eigenvalue weighted by atomic mass is 10.1. The number of carbonyl (C=O) groups is 1. The summed E-state index contributed by atoms with van der Waals surface area (Å²) in [6.07, 6.45) is -0.858. The molecule has 3 heterocycles. The Bertz CT molecular complexity index is 783. The van der Waals surface area contributed by atoms with Crippen molar-refractivity contribution in [2.24, 2.45) is 5.84 Å². The van der Waals surface area contributed by atoms with Gasteiger partial charge in [-0.2, -0.15) is 0 Å². The zero-order valence-corrected chi connectivity index (χ0v) is 14.2. The van der Waals surface area contributed by atoms with Gasteiger partial charge in [-0.05, 0) is 7.05 Å². The van der Waals surface area contributed by atoms with E-state index in [1.165, 1.54) is 17.2 Å². The molecule has 4 atom stereocenters. The maximum absolute atomic E-state index is 11.2. The highest BCUT2D eigenvalue weighted by molar-refractivity contribution is 5.81. The molecule has 1 aliphatic heterocycles. The zero-order chi connectivity index (χ0) is 18.8. The summed E-state index contributed by atoms with van der Waals surface area (Å²) in [5, 5.41) is 20.7. The van der Waals surface area contributed by atoms with E-state index >= 15 is 0 Å². The van der Waals surface area contributed by atoms with Gasteiger partial charge in [-0.15, -0.1) is 0 Å². The first-order valence-electron chi connectivity index (χ1n) is 8.05. The highest BCUT2D eigenvalue weighted by Crippen LogP contribution is 2.32. The maximum Gasteiger partial charge on any atom is 0.235 e. The molecular formula is C14H22N8O4. The number of hydrogen-bond donors (Lipinski definition) is 5. The van der Waals surface area contributed by atoms with Gasteiger partial charge in [-0.1, -0.05) is 0 Å². The summed E-state index contributed by atoms with van der Waals surface area (Å²) in [6, 6.07) is 0. The minimum Gasteiger partial charge on any atom is -0.387 e. The number of rotatable bonds is 6. The number of carbonyl (C=O) groups excluding carboxylic acids is 1. The first-order chi connectivity index (χ1) is 12.4. The molecule has 1 fully saturated rings. The topological polar surface area (TPSA) is 178 Å². The predicted octanol–water partition coefficient (Wildman–Crippen LogP) is -2.66. The van der Waals surface area contributed by atoms with Crippen molar-refractivity contribution in [3.05, 3.63) is 12.7 Å². The molecule has 0 aromatic carbocycles. The summed E-state index contributed by atoms with van der Waals surface area (Å²) in [5.74, 6) is 4.98. The van der Waals surface area contributed by atoms with Crippen LogP contribution in [0.3, 0.4) is 0 Å². The highest BCUT2D eigenvalue weighted by atomic mass is 16.6. The number of amides is 1. The molecule has 26 heavy (non-hydrogen) atoms. The average molecular weight is 366 g/mol. The summed E-state index contributed by atoms with van der Waals surface area (Å²) in [6.45, 7) is 0.741. The molecule has 7 N–H and O–H groups in total. The Morgan fingerprint density at radius 3 is 2.88 bits per heavy atom. The molecule has 3 rings (SSSR count). The number of fused-ring (bicyclic) bond motifs is 1. The Labute approximate surface area is 148 Å². The zero-order valence-electron chi connectivity index (χ0n) is 14.2. The fourth-order valence-electron chi connectivity index (χ4n) is 2.93. The molecule has 2 aromatic rings. The average Bonchev–Trinajstić information content (AvgIpc) is 3.17. The lowest BCUT2D eigenvalue weighted by Crippen LogP contribution is -2.40. The van der Waals surface area contributed by atoms with E-state index in [-0.39, 0.29) is 18.1 Å². The van der Waals surface area contributed by atoms with Gasteiger partial charge in [0.25, 0.3) is 0 Å². The molecule has 12 heteroatoms. The molecule has 1 amide bonds. The van der Waals surface area contributed by atoms with Crippen LogP contribution in [0.15, 0.2) is 12.7 Å². The molecule has 2 unspecified atom stereocenters. The standard InChI is InChI=1S/C14H22N8O4/c1-21(3-2-8(23)20-16)4-7-10(24)11(25)14(26-7)22-6-19-9-12(15)17-5-18-13(9)22/h5-7,10-11,14,24-25H,2-4,16H2,1H3,(H,20,23)(H2,15,17,18)/t7-,10?,11?,14-/m1/s1. The van der Waals surface area contributed by atoms with E-state index in [2.05, 4.69) is 20.4 Å². The number of nitrogens with one attached hydrogen (secondary N) is 1. The van der Waals surface area contributed by atoms with Crippen LogP contribution in [-0.2, 0) is 9.53 Å². The van der Waals surface area contributed by atoms with Crippen molar-refractivity contribution in [3.8, 4) is 0 Å². The molecule has 2 aromatic heterocycles. The van der Waals surface area contributed by atoms with Gasteiger partial charge in [0, 0.05) is 19.5 Å². The molecule has 0 radical (unpaired) electrons. The molecule has 1 aliphatic rings. The number of likely N-dealkylation sites (N-methyl/N-ethyl adjacent to an activating group) is 1. The largest absolute Gasteiger partial charge is 0.387 e. The van der Waals surface area contributed by atoms with E-state index in [4.69, 9.17) is 16.3 Å². The third-order valence-corrected chi connectivity index (χ3v) is 4.37. The number of ether oxygens (including phenoxy) is 1. The Morgan fingerprint density at radius 2 is 2.15 bits per heavy atom. The SMILES string of the molecule is CN(CCC(=O)NN)C[C@H]1O[C@@H](n2cnc3c(N)ncnc32)C(O)C1O. The quantitative estimate of drug-likeness (QED) is 0.206. The van der Waals surface area contributed by atoms with Gasteiger partial charge in [-0.25, -0.2) is 20.8 Å². The number of nitrogen functional groups attached to an aromatic ring is 1. The fraction of sp³-hybridized carbons (Fsp3) is 0.571. The number of imidazole rings is 1. The lowest BCUT2D eigenvalue weighted by Gasteiger charge is -2.22.